The van der Waals surface area contributed by atoms with Gasteiger partial charge in [0.15, 0.2) is 0 Å². The first-order chi connectivity index (χ1) is 14.2. The highest BCUT2D eigenvalue weighted by atomic mass is 35.5. The van der Waals surface area contributed by atoms with Gasteiger partial charge in [0.2, 0.25) is 0 Å². The zero-order valence-electron chi connectivity index (χ0n) is 16.0. The molecule has 7 rings (SSSR count). The van der Waals surface area contributed by atoms with Gasteiger partial charge < -0.3 is 4.74 Å². The van der Waals surface area contributed by atoms with E-state index in [9.17, 15) is 0 Å². The van der Waals surface area contributed by atoms with Crippen LogP contribution in [0.2, 0.25) is 0 Å². The topological polar surface area (TPSA) is 9.23 Å². The molecule has 2 fully saturated rings. The molecule has 0 unspecified atom stereocenters. The van der Waals surface area contributed by atoms with Crippen molar-refractivity contribution >= 4 is 11.6 Å². The second-order valence-corrected chi connectivity index (χ2v) is 9.49. The molecule has 1 saturated heterocycles. The molecule has 0 N–H and O–H groups in total. The molecule has 4 aliphatic rings. The lowest BCUT2D eigenvalue weighted by molar-refractivity contribution is -0.0959. The summed E-state index contributed by atoms with van der Waals surface area (Å²) in [6.07, 6.45) is 6.62. The van der Waals surface area contributed by atoms with Crippen LogP contribution in [0.25, 0.3) is 0 Å². The fourth-order valence-electron chi connectivity index (χ4n) is 7.22. The van der Waals surface area contributed by atoms with Gasteiger partial charge in [-0.2, -0.15) is 0 Å². The maximum atomic E-state index is 7.79. The van der Waals surface area contributed by atoms with Crippen LogP contribution in [-0.4, -0.2) is 4.87 Å². The Balaban J connectivity index is 1.64. The third-order valence-electron chi connectivity index (χ3n) is 8.11. The van der Waals surface area contributed by atoms with E-state index in [2.05, 4.69) is 97.1 Å². The van der Waals surface area contributed by atoms with Gasteiger partial charge in [-0.1, -0.05) is 97.1 Å². The molecule has 1 spiro atoms. The number of ether oxygens (including phenoxy) is 1. The normalized spacial score (nSPS) is 40.2. The Morgan fingerprint density at radius 3 is 1.90 bits per heavy atom. The van der Waals surface area contributed by atoms with Crippen LogP contribution in [0, 0.1) is 11.3 Å². The van der Waals surface area contributed by atoms with Crippen LogP contribution in [0.15, 0.2) is 97.1 Å². The Kier molecular flexibility index (Phi) is 2.85. The standard InChI is InChI=1S/C27H21ClO/c28-27-23-17-9-10-18-24(23,27)25(19-11-3-1-4-12-19)21-15-7-8-16-22(21)26(27,29-25)20-13-5-2-6-14-20/h1-16,23H,17-18H2/t23-,24+,25+,26-,27-/m1/s1. The Morgan fingerprint density at radius 2 is 1.24 bits per heavy atom. The van der Waals surface area contributed by atoms with Crippen LogP contribution in [0.4, 0.5) is 0 Å². The van der Waals surface area contributed by atoms with E-state index in [1.807, 2.05) is 0 Å². The predicted molar refractivity (Wildman–Crippen MR) is 115 cm³/mol. The van der Waals surface area contributed by atoms with E-state index in [-0.39, 0.29) is 5.41 Å². The lowest BCUT2D eigenvalue weighted by atomic mass is 9.64. The molecule has 2 aliphatic heterocycles. The number of allylic oxidation sites excluding steroid dienone is 2. The Labute approximate surface area is 176 Å². The molecule has 5 atom stereocenters. The van der Waals surface area contributed by atoms with Crippen molar-refractivity contribution < 1.29 is 4.74 Å². The Bertz CT molecular complexity index is 1170. The summed E-state index contributed by atoms with van der Waals surface area (Å²) in [7, 11) is 0. The van der Waals surface area contributed by atoms with Crippen LogP contribution in [0.1, 0.15) is 35.1 Å². The molecule has 2 aliphatic carbocycles. The fraction of sp³-hybridized carbons (Fsp3) is 0.259. The maximum Gasteiger partial charge on any atom is 0.140 e. The van der Waals surface area contributed by atoms with E-state index in [0.29, 0.717) is 5.92 Å². The van der Waals surface area contributed by atoms with Crippen molar-refractivity contribution in [2.24, 2.45) is 11.3 Å². The van der Waals surface area contributed by atoms with E-state index in [4.69, 9.17) is 16.3 Å². The summed E-state index contributed by atoms with van der Waals surface area (Å²) in [5, 5.41) is 0. The van der Waals surface area contributed by atoms with E-state index < -0.39 is 16.1 Å². The summed E-state index contributed by atoms with van der Waals surface area (Å²) < 4.78 is 7.35. The molecular weight excluding hydrogens is 376 g/mol. The molecule has 0 radical (unpaired) electrons. The van der Waals surface area contributed by atoms with Gasteiger partial charge in [0.1, 0.15) is 11.2 Å². The van der Waals surface area contributed by atoms with Gasteiger partial charge in [0.05, 0.1) is 4.87 Å². The summed E-state index contributed by atoms with van der Waals surface area (Å²) in [4.78, 5) is -0.449. The lowest BCUT2D eigenvalue weighted by Gasteiger charge is -2.39. The van der Waals surface area contributed by atoms with E-state index >= 15 is 0 Å². The average Bonchev–Trinajstić information content (AvgIpc) is 3.15. The Morgan fingerprint density at radius 1 is 0.690 bits per heavy atom. The number of fused-ring (bicyclic) bond motifs is 7. The summed E-state index contributed by atoms with van der Waals surface area (Å²) in [5.41, 5.74) is 3.67. The molecule has 3 aromatic rings. The molecule has 1 saturated carbocycles. The van der Waals surface area contributed by atoms with Crippen molar-refractivity contribution in [3.05, 3.63) is 119 Å². The second kappa shape index (κ2) is 5.03. The quantitative estimate of drug-likeness (QED) is 0.372. The largest absolute Gasteiger partial charge is 0.347 e. The first kappa shape index (κ1) is 16.4. The lowest BCUT2D eigenvalue weighted by Crippen LogP contribution is -2.41. The molecular formula is C27H21ClO. The van der Waals surface area contributed by atoms with Gasteiger partial charge in [-0.3, -0.25) is 0 Å². The number of benzene rings is 3. The summed E-state index contributed by atoms with van der Waals surface area (Å²) in [6, 6.07) is 30.2. The minimum Gasteiger partial charge on any atom is -0.347 e. The number of hydrogen-bond donors (Lipinski definition) is 0. The van der Waals surface area contributed by atoms with Crippen molar-refractivity contribution in [2.75, 3.05) is 0 Å². The molecule has 2 heteroatoms. The van der Waals surface area contributed by atoms with Gasteiger partial charge in [-0.25, -0.2) is 0 Å². The third kappa shape index (κ3) is 1.44. The molecule has 29 heavy (non-hydrogen) atoms. The molecule has 1 nitrogen and oxygen atoms in total. The Hall–Kier alpha value is -2.35. The van der Waals surface area contributed by atoms with Crippen molar-refractivity contribution in [3.63, 3.8) is 0 Å². The van der Waals surface area contributed by atoms with Crippen LogP contribution < -0.4 is 0 Å². The summed E-state index contributed by atoms with van der Waals surface area (Å²) in [6.45, 7) is 0. The summed E-state index contributed by atoms with van der Waals surface area (Å²) >= 11 is 7.79. The summed E-state index contributed by atoms with van der Waals surface area (Å²) in [5.74, 6) is 0.392. The molecule has 3 aromatic carbocycles. The highest BCUT2D eigenvalue weighted by Crippen LogP contribution is 2.93. The van der Waals surface area contributed by atoms with Gasteiger partial charge in [0.25, 0.3) is 0 Å². The number of rotatable bonds is 2. The first-order valence-corrected chi connectivity index (χ1v) is 10.9. The van der Waals surface area contributed by atoms with Crippen LogP contribution in [0.5, 0.6) is 0 Å². The van der Waals surface area contributed by atoms with E-state index in [0.717, 1.165) is 12.8 Å². The van der Waals surface area contributed by atoms with Crippen LogP contribution in [0.3, 0.4) is 0 Å². The smallest absolute Gasteiger partial charge is 0.140 e. The average molecular weight is 397 g/mol. The van der Waals surface area contributed by atoms with E-state index in [1.54, 1.807) is 0 Å². The van der Waals surface area contributed by atoms with E-state index in [1.165, 1.54) is 22.3 Å². The SMILES string of the molecule is Cl[C@]12[C@@H]3CC=CC[C@@]31[C@@]1(c3ccccc3)O[C@]2(c2ccccc2)c2ccccc21. The first-order valence-electron chi connectivity index (χ1n) is 10.5. The zero-order chi connectivity index (χ0) is 19.3. The van der Waals surface area contributed by atoms with Crippen molar-refractivity contribution in [1.29, 1.82) is 0 Å². The maximum absolute atomic E-state index is 7.79. The molecule has 0 amide bonds. The van der Waals surface area contributed by atoms with Gasteiger partial charge in [-0.15, -0.1) is 11.6 Å². The third-order valence-corrected chi connectivity index (χ3v) is 8.98. The second-order valence-electron chi connectivity index (χ2n) is 8.89. The number of halogens is 1. The van der Waals surface area contributed by atoms with Gasteiger partial charge in [-0.05, 0) is 41.0 Å². The van der Waals surface area contributed by atoms with Crippen molar-refractivity contribution in [2.45, 2.75) is 28.9 Å². The fourth-order valence-corrected chi connectivity index (χ4v) is 8.03. The van der Waals surface area contributed by atoms with Crippen molar-refractivity contribution in [3.8, 4) is 0 Å². The molecule has 142 valence electrons. The monoisotopic (exact) mass is 396 g/mol. The predicted octanol–water partition coefficient (Wildman–Crippen LogP) is 6.16. The molecule has 2 bridgehead atoms. The molecule has 2 heterocycles. The van der Waals surface area contributed by atoms with Gasteiger partial charge >= 0.3 is 0 Å². The van der Waals surface area contributed by atoms with Crippen molar-refractivity contribution in [1.82, 2.24) is 0 Å². The highest BCUT2D eigenvalue weighted by Gasteiger charge is 2.98. The highest BCUT2D eigenvalue weighted by molar-refractivity contribution is 6.29. The minimum absolute atomic E-state index is 0.123. The molecule has 0 aromatic heterocycles. The zero-order valence-corrected chi connectivity index (χ0v) is 16.8. The van der Waals surface area contributed by atoms with Crippen LogP contribution in [-0.2, 0) is 15.9 Å². The van der Waals surface area contributed by atoms with Gasteiger partial charge in [0, 0.05) is 5.41 Å². The van der Waals surface area contributed by atoms with Crippen LogP contribution >= 0.6 is 11.6 Å². The number of hydrogen-bond acceptors (Lipinski definition) is 1. The number of alkyl halides is 1. The minimum atomic E-state index is -0.626.